The number of ether oxygens (including phenoxy) is 13. The van der Waals surface area contributed by atoms with Gasteiger partial charge in [-0.1, -0.05) is 24.3 Å². The Labute approximate surface area is 372 Å². The molecule has 0 fully saturated rings. The summed E-state index contributed by atoms with van der Waals surface area (Å²) in [6, 6.07) is 7.94. The number of nitrogens with zero attached hydrogens (tertiary/aromatic N) is 3. The standard InChI is InChI=1S/C29H43N5O8.C14H31NO6/c1-2-36-11-12-38-15-16-40-19-20-41-18-17-39-14-13-37-10-9-25(35)8-7-23-3-5-24(6-4-23)21-42-28-26-27(32-22-31-26)33-29(30)34-28;1-2-16-5-6-18-9-10-20-13-14-21-12-11-19-8-7-17-4-3-15/h3-6,22H,2,7-21H2,1H3,(H3,30,31,32,33,34);2-15H2,1H3. The van der Waals surface area contributed by atoms with E-state index in [4.69, 9.17) is 73.0 Å². The zero-order valence-electron chi connectivity index (χ0n) is 37.6. The van der Waals surface area contributed by atoms with Gasteiger partial charge in [0.2, 0.25) is 11.8 Å². The second-order valence-corrected chi connectivity index (χ2v) is 13.2. The van der Waals surface area contributed by atoms with E-state index in [9.17, 15) is 4.79 Å². The maximum atomic E-state index is 12.2. The molecule has 0 atom stereocenters. The third-order valence-electron chi connectivity index (χ3n) is 8.28. The first-order valence-corrected chi connectivity index (χ1v) is 21.9. The molecule has 0 amide bonds. The summed E-state index contributed by atoms with van der Waals surface area (Å²) in [5.74, 6) is 0.631. The SMILES string of the molecule is CCOCCOCCOCCOCCOCCOCCC(=O)CCc1ccc(COc2nc(N)nc3nc[nH]c23)cc1.CCOCCOCCOCCOCCOCCOCCN. The molecular weight excluding hydrogens is 825 g/mol. The number of nitrogen functional groups attached to an aromatic ring is 1. The van der Waals surface area contributed by atoms with Crippen molar-refractivity contribution in [3.05, 3.63) is 41.7 Å². The van der Waals surface area contributed by atoms with E-state index in [2.05, 4.69) is 19.9 Å². The van der Waals surface area contributed by atoms with Gasteiger partial charge in [0, 0.05) is 32.6 Å². The predicted octanol–water partition coefficient (Wildman–Crippen LogP) is 2.59. The zero-order valence-corrected chi connectivity index (χ0v) is 37.6. The predicted molar refractivity (Wildman–Crippen MR) is 235 cm³/mol. The number of hydrogen-bond donors (Lipinski definition) is 3. The van der Waals surface area contributed by atoms with Gasteiger partial charge in [-0.3, -0.25) is 4.79 Å². The summed E-state index contributed by atoms with van der Waals surface area (Å²) >= 11 is 0. The average molecular weight is 899 g/mol. The van der Waals surface area contributed by atoms with E-state index < -0.39 is 0 Å². The van der Waals surface area contributed by atoms with Crippen molar-refractivity contribution in [2.24, 2.45) is 5.73 Å². The molecule has 63 heavy (non-hydrogen) atoms. The van der Waals surface area contributed by atoms with Crippen molar-refractivity contribution < 1.29 is 66.4 Å². The molecule has 360 valence electrons. The summed E-state index contributed by atoms with van der Waals surface area (Å²) in [7, 11) is 0. The summed E-state index contributed by atoms with van der Waals surface area (Å²) in [6.45, 7) is 18.1. The van der Waals surface area contributed by atoms with Crippen molar-refractivity contribution in [2.75, 3.05) is 171 Å². The highest BCUT2D eigenvalue weighted by molar-refractivity contribution is 5.78. The minimum atomic E-state index is 0.106. The third kappa shape index (κ3) is 31.9. The van der Waals surface area contributed by atoms with Crippen LogP contribution in [0.2, 0.25) is 0 Å². The van der Waals surface area contributed by atoms with Crippen LogP contribution in [0.4, 0.5) is 5.95 Å². The molecule has 5 N–H and O–H groups in total. The molecule has 0 saturated carbocycles. The second kappa shape index (κ2) is 41.2. The molecule has 0 saturated heterocycles. The number of H-pyrrole nitrogens is 1. The van der Waals surface area contributed by atoms with Gasteiger partial charge in [0.05, 0.1) is 152 Å². The van der Waals surface area contributed by atoms with E-state index in [1.54, 1.807) is 0 Å². The van der Waals surface area contributed by atoms with E-state index in [0.717, 1.165) is 17.7 Å². The minimum Gasteiger partial charge on any atom is -0.471 e. The topological polar surface area (TPSA) is 244 Å². The molecule has 3 aromatic rings. The first-order chi connectivity index (χ1) is 31.1. The summed E-state index contributed by atoms with van der Waals surface area (Å²) in [5.41, 5.74) is 14.1. The molecule has 0 bridgehead atoms. The number of rotatable bonds is 43. The van der Waals surface area contributed by atoms with E-state index in [1.807, 2.05) is 38.1 Å². The lowest BCUT2D eigenvalue weighted by Crippen LogP contribution is -2.15. The fraction of sp³-hybridized carbons (Fsp3) is 0.721. The number of aromatic nitrogens is 4. The number of hydrogen-bond acceptors (Lipinski definition) is 19. The van der Waals surface area contributed by atoms with Crippen LogP contribution >= 0.6 is 0 Å². The van der Waals surface area contributed by atoms with Gasteiger partial charge < -0.3 is 78.0 Å². The Morgan fingerprint density at radius 3 is 1.35 bits per heavy atom. The Morgan fingerprint density at radius 2 is 0.921 bits per heavy atom. The largest absolute Gasteiger partial charge is 0.471 e. The van der Waals surface area contributed by atoms with E-state index in [1.165, 1.54) is 6.33 Å². The molecule has 0 aliphatic heterocycles. The number of benzene rings is 1. The highest BCUT2D eigenvalue weighted by Crippen LogP contribution is 2.21. The van der Waals surface area contributed by atoms with E-state index >= 15 is 0 Å². The summed E-state index contributed by atoms with van der Waals surface area (Å²) in [4.78, 5) is 27.5. The Kier molecular flexibility index (Phi) is 36.4. The number of carbonyl (C=O) groups is 1. The Balaban J connectivity index is 0.000000549. The molecule has 0 radical (unpaired) electrons. The number of imidazole rings is 1. The number of carbonyl (C=O) groups excluding carboxylic acids is 1. The van der Waals surface area contributed by atoms with Crippen molar-refractivity contribution in [3.63, 3.8) is 0 Å². The number of nitrogens with one attached hydrogen (secondary N) is 1. The maximum absolute atomic E-state index is 12.2. The zero-order chi connectivity index (χ0) is 45.1. The van der Waals surface area contributed by atoms with E-state index in [0.29, 0.717) is 201 Å². The quantitative estimate of drug-likeness (QED) is 0.0691. The van der Waals surface area contributed by atoms with Crippen LogP contribution in [0, 0.1) is 0 Å². The summed E-state index contributed by atoms with van der Waals surface area (Å²) < 4.78 is 69.8. The molecule has 0 unspecified atom stereocenters. The first-order valence-electron chi connectivity index (χ1n) is 21.9. The number of ketones is 1. The molecule has 3 rings (SSSR count). The lowest BCUT2D eigenvalue weighted by molar-refractivity contribution is -0.120. The van der Waals surface area contributed by atoms with Gasteiger partial charge in [0.15, 0.2) is 5.65 Å². The normalized spacial score (nSPS) is 11.3. The highest BCUT2D eigenvalue weighted by atomic mass is 16.6. The summed E-state index contributed by atoms with van der Waals surface area (Å²) in [5, 5.41) is 0. The van der Waals surface area contributed by atoms with Crippen LogP contribution in [0.25, 0.3) is 11.2 Å². The number of aromatic amines is 1. The van der Waals surface area contributed by atoms with Gasteiger partial charge in [-0.25, -0.2) is 4.98 Å². The molecule has 0 aliphatic carbocycles. The van der Waals surface area contributed by atoms with Crippen molar-refractivity contribution in [3.8, 4) is 5.88 Å². The van der Waals surface area contributed by atoms with Gasteiger partial charge in [0.25, 0.3) is 0 Å². The third-order valence-corrected chi connectivity index (χ3v) is 8.28. The fourth-order valence-corrected chi connectivity index (χ4v) is 5.05. The van der Waals surface area contributed by atoms with Crippen LogP contribution in [-0.2, 0) is 74.7 Å². The van der Waals surface area contributed by atoms with Crippen molar-refractivity contribution in [2.45, 2.75) is 39.7 Å². The number of Topliss-reactive ketones (excluding diaryl/α,β-unsaturated/α-hetero) is 1. The Morgan fingerprint density at radius 1 is 0.524 bits per heavy atom. The molecule has 20 nitrogen and oxygen atoms in total. The van der Waals surface area contributed by atoms with Gasteiger partial charge in [-0.15, -0.1) is 0 Å². The fourth-order valence-electron chi connectivity index (χ4n) is 5.05. The molecule has 20 heteroatoms. The molecule has 2 aromatic heterocycles. The average Bonchev–Trinajstić information content (AvgIpc) is 3.77. The van der Waals surface area contributed by atoms with Crippen LogP contribution < -0.4 is 16.2 Å². The van der Waals surface area contributed by atoms with E-state index in [-0.39, 0.29) is 11.7 Å². The van der Waals surface area contributed by atoms with Gasteiger partial charge in [-0.05, 0) is 31.4 Å². The maximum Gasteiger partial charge on any atom is 0.245 e. The number of nitrogens with two attached hydrogens (primary N) is 2. The van der Waals surface area contributed by atoms with Crippen molar-refractivity contribution in [1.29, 1.82) is 0 Å². The Bertz CT molecular complexity index is 1460. The lowest BCUT2D eigenvalue weighted by Gasteiger charge is -2.08. The smallest absolute Gasteiger partial charge is 0.245 e. The lowest BCUT2D eigenvalue weighted by atomic mass is 10.0. The van der Waals surface area contributed by atoms with Crippen LogP contribution in [0.5, 0.6) is 5.88 Å². The molecular formula is C43H74N6O14. The number of aryl methyl sites for hydroxylation is 1. The van der Waals surface area contributed by atoms with Gasteiger partial charge in [-0.2, -0.15) is 9.97 Å². The molecule has 1 aromatic carbocycles. The van der Waals surface area contributed by atoms with Crippen molar-refractivity contribution >= 4 is 22.9 Å². The van der Waals surface area contributed by atoms with Crippen molar-refractivity contribution in [1.82, 2.24) is 19.9 Å². The number of fused-ring (bicyclic) bond motifs is 1. The van der Waals surface area contributed by atoms with Crippen LogP contribution in [-0.4, -0.2) is 191 Å². The molecule has 0 aliphatic rings. The monoisotopic (exact) mass is 899 g/mol. The highest BCUT2D eigenvalue weighted by Gasteiger charge is 2.10. The Hall–Kier alpha value is -3.48. The van der Waals surface area contributed by atoms with Crippen LogP contribution in [0.15, 0.2) is 30.6 Å². The molecule has 0 spiro atoms. The summed E-state index contributed by atoms with van der Waals surface area (Å²) in [6.07, 6.45) is 3.05. The van der Waals surface area contributed by atoms with Gasteiger partial charge in [0.1, 0.15) is 17.9 Å². The minimum absolute atomic E-state index is 0.106. The van der Waals surface area contributed by atoms with Gasteiger partial charge >= 0.3 is 0 Å². The van der Waals surface area contributed by atoms with Crippen LogP contribution in [0.3, 0.4) is 0 Å². The second-order valence-electron chi connectivity index (χ2n) is 13.2. The first kappa shape index (κ1) is 55.7. The molecule has 2 heterocycles. The van der Waals surface area contributed by atoms with Crippen LogP contribution in [0.1, 0.15) is 37.8 Å². The number of anilines is 1.